The second kappa shape index (κ2) is 6.31. The largest absolute Gasteiger partial charge is 0.480 e. The zero-order valence-corrected chi connectivity index (χ0v) is 11.7. The van der Waals surface area contributed by atoms with E-state index in [0.29, 0.717) is 5.69 Å². The van der Waals surface area contributed by atoms with Crippen LogP contribution in [0.4, 0.5) is 5.69 Å². The molecular formula is C13H16N4O4. The Morgan fingerprint density at radius 3 is 2.81 bits per heavy atom. The number of ether oxygens (including phenoxy) is 1. The van der Waals surface area contributed by atoms with E-state index in [1.807, 2.05) is 13.8 Å². The molecule has 2 heterocycles. The first-order valence-corrected chi connectivity index (χ1v) is 6.40. The van der Waals surface area contributed by atoms with Crippen molar-refractivity contribution in [1.82, 2.24) is 14.8 Å². The van der Waals surface area contributed by atoms with Crippen molar-refractivity contribution in [1.29, 1.82) is 0 Å². The van der Waals surface area contributed by atoms with E-state index < -0.39 is 18.5 Å². The molecule has 0 unspecified atom stereocenters. The average Bonchev–Trinajstić information content (AvgIpc) is 2.81. The topological polar surface area (TPSA) is 106 Å². The molecule has 21 heavy (non-hydrogen) atoms. The molecule has 2 N–H and O–H groups in total. The summed E-state index contributed by atoms with van der Waals surface area (Å²) in [6.07, 6.45) is 3.21. The lowest BCUT2D eigenvalue weighted by atomic mass is 10.3. The lowest BCUT2D eigenvalue weighted by Gasteiger charge is -2.07. The summed E-state index contributed by atoms with van der Waals surface area (Å²) < 4.78 is 6.49. The van der Waals surface area contributed by atoms with Gasteiger partial charge in [0.2, 0.25) is 5.91 Å². The van der Waals surface area contributed by atoms with Crippen LogP contribution in [0, 0.1) is 0 Å². The summed E-state index contributed by atoms with van der Waals surface area (Å²) in [6, 6.07) is 1.95. The number of aliphatic carboxylic acids is 1. The highest BCUT2D eigenvalue weighted by Crippen LogP contribution is 2.18. The first-order chi connectivity index (χ1) is 9.97. The fourth-order valence-corrected chi connectivity index (χ4v) is 1.81. The Bertz CT molecular complexity index is 665. The third kappa shape index (κ3) is 3.76. The summed E-state index contributed by atoms with van der Waals surface area (Å²) in [4.78, 5) is 26.1. The third-order valence-electron chi connectivity index (χ3n) is 2.66. The molecule has 0 atom stereocenters. The highest BCUT2D eigenvalue weighted by molar-refractivity contribution is 5.93. The van der Waals surface area contributed by atoms with Gasteiger partial charge >= 0.3 is 5.97 Å². The molecular weight excluding hydrogens is 276 g/mol. The molecule has 112 valence electrons. The van der Waals surface area contributed by atoms with Crippen molar-refractivity contribution in [2.24, 2.45) is 0 Å². The van der Waals surface area contributed by atoms with E-state index in [1.54, 1.807) is 16.9 Å². The van der Waals surface area contributed by atoms with Crippen LogP contribution in [0.15, 0.2) is 18.5 Å². The summed E-state index contributed by atoms with van der Waals surface area (Å²) in [5.74, 6) is -1.55. The van der Waals surface area contributed by atoms with Gasteiger partial charge < -0.3 is 15.2 Å². The van der Waals surface area contributed by atoms with Gasteiger partial charge in [-0.15, -0.1) is 0 Å². The monoisotopic (exact) mass is 292 g/mol. The van der Waals surface area contributed by atoms with Crippen molar-refractivity contribution in [2.75, 3.05) is 18.5 Å². The summed E-state index contributed by atoms with van der Waals surface area (Å²) >= 11 is 0. The second-order valence-corrected chi connectivity index (χ2v) is 4.75. The number of rotatable bonds is 6. The van der Waals surface area contributed by atoms with Gasteiger partial charge in [0, 0.05) is 11.4 Å². The zero-order valence-electron chi connectivity index (χ0n) is 11.7. The maximum Gasteiger partial charge on any atom is 0.329 e. The van der Waals surface area contributed by atoms with Gasteiger partial charge in [-0.2, -0.15) is 5.10 Å². The first-order valence-electron chi connectivity index (χ1n) is 6.40. The maximum absolute atomic E-state index is 11.6. The van der Waals surface area contributed by atoms with Gasteiger partial charge in [-0.05, 0) is 19.9 Å². The van der Waals surface area contributed by atoms with Crippen LogP contribution in [0.2, 0.25) is 0 Å². The molecule has 2 aromatic rings. The molecule has 0 saturated heterocycles. The number of hydrogen-bond donors (Lipinski definition) is 2. The van der Waals surface area contributed by atoms with Crippen molar-refractivity contribution in [3.8, 4) is 0 Å². The minimum Gasteiger partial charge on any atom is -0.480 e. The molecule has 0 spiro atoms. The number of aromatic nitrogens is 3. The van der Waals surface area contributed by atoms with Crippen molar-refractivity contribution in [2.45, 2.75) is 19.9 Å². The minimum atomic E-state index is -1.12. The van der Waals surface area contributed by atoms with Crippen LogP contribution in [-0.2, 0) is 14.3 Å². The SMILES string of the molecule is CC(C)n1ncc2cc(NC(=O)COCC(=O)O)cnc21. The predicted molar refractivity (Wildman–Crippen MR) is 75.0 cm³/mol. The van der Waals surface area contributed by atoms with Crippen LogP contribution >= 0.6 is 0 Å². The summed E-state index contributed by atoms with van der Waals surface area (Å²) in [5, 5.41) is 16.0. The van der Waals surface area contributed by atoms with Crippen LogP contribution in [0.1, 0.15) is 19.9 Å². The van der Waals surface area contributed by atoms with Gasteiger partial charge in [-0.1, -0.05) is 0 Å². The quantitative estimate of drug-likeness (QED) is 0.824. The van der Waals surface area contributed by atoms with E-state index in [-0.39, 0.29) is 12.6 Å². The first kappa shape index (κ1) is 14.9. The van der Waals surface area contributed by atoms with Crippen LogP contribution in [0.3, 0.4) is 0 Å². The van der Waals surface area contributed by atoms with Gasteiger partial charge in [0.05, 0.1) is 18.1 Å². The Labute approximate surface area is 120 Å². The molecule has 0 radical (unpaired) electrons. The van der Waals surface area contributed by atoms with E-state index >= 15 is 0 Å². The van der Waals surface area contributed by atoms with Crippen molar-refractivity contribution < 1.29 is 19.4 Å². The number of pyridine rings is 1. The van der Waals surface area contributed by atoms with Gasteiger partial charge in [-0.25, -0.2) is 14.5 Å². The Kier molecular flexibility index (Phi) is 4.49. The van der Waals surface area contributed by atoms with E-state index in [1.165, 1.54) is 6.20 Å². The Hall–Kier alpha value is -2.48. The highest BCUT2D eigenvalue weighted by atomic mass is 16.5. The minimum absolute atomic E-state index is 0.194. The molecule has 1 amide bonds. The number of nitrogens with one attached hydrogen (secondary N) is 1. The number of anilines is 1. The van der Waals surface area contributed by atoms with Crippen LogP contribution in [-0.4, -0.2) is 45.0 Å². The van der Waals surface area contributed by atoms with Crippen LogP contribution in [0.5, 0.6) is 0 Å². The summed E-state index contributed by atoms with van der Waals surface area (Å²) in [7, 11) is 0. The zero-order chi connectivity index (χ0) is 15.4. The summed E-state index contributed by atoms with van der Waals surface area (Å²) in [5.41, 5.74) is 1.25. The normalized spacial score (nSPS) is 11.0. The molecule has 0 aliphatic heterocycles. The number of hydrogen-bond acceptors (Lipinski definition) is 5. The molecule has 8 nitrogen and oxygen atoms in total. The smallest absolute Gasteiger partial charge is 0.329 e. The van der Waals surface area contributed by atoms with Gasteiger partial charge in [0.15, 0.2) is 5.65 Å². The van der Waals surface area contributed by atoms with E-state index in [2.05, 4.69) is 15.4 Å². The fraction of sp³-hybridized carbons (Fsp3) is 0.385. The predicted octanol–water partition coefficient (Wildman–Crippen LogP) is 1.05. The molecule has 2 aromatic heterocycles. The Morgan fingerprint density at radius 2 is 2.14 bits per heavy atom. The van der Waals surface area contributed by atoms with Crippen molar-refractivity contribution >= 4 is 28.6 Å². The third-order valence-corrected chi connectivity index (χ3v) is 2.66. The molecule has 0 fully saturated rings. The molecule has 0 aliphatic carbocycles. The number of carboxylic acid groups (broad SMARTS) is 1. The van der Waals surface area contributed by atoms with Crippen molar-refractivity contribution in [3.05, 3.63) is 18.5 Å². The van der Waals surface area contributed by atoms with E-state index in [4.69, 9.17) is 9.84 Å². The lowest BCUT2D eigenvalue weighted by molar-refractivity contribution is -0.143. The van der Waals surface area contributed by atoms with E-state index in [9.17, 15) is 9.59 Å². The Balaban J connectivity index is 2.03. The number of nitrogens with zero attached hydrogens (tertiary/aromatic N) is 3. The van der Waals surface area contributed by atoms with Gasteiger partial charge in [0.1, 0.15) is 13.2 Å². The maximum atomic E-state index is 11.6. The molecule has 0 saturated carbocycles. The molecule has 0 aliphatic rings. The standard InChI is InChI=1S/C13H16N4O4/c1-8(2)17-13-9(4-15-17)3-10(5-14-13)16-11(18)6-21-7-12(19)20/h3-5,8H,6-7H2,1-2H3,(H,16,18)(H,19,20). The van der Waals surface area contributed by atoms with Gasteiger partial charge in [-0.3, -0.25) is 4.79 Å². The average molecular weight is 292 g/mol. The van der Waals surface area contributed by atoms with Crippen LogP contribution in [0.25, 0.3) is 11.0 Å². The molecule has 2 rings (SSSR count). The number of amides is 1. The number of fused-ring (bicyclic) bond motifs is 1. The van der Waals surface area contributed by atoms with Crippen molar-refractivity contribution in [3.63, 3.8) is 0 Å². The molecule has 0 aromatic carbocycles. The van der Waals surface area contributed by atoms with Gasteiger partial charge in [0.25, 0.3) is 0 Å². The van der Waals surface area contributed by atoms with E-state index in [0.717, 1.165) is 11.0 Å². The number of carboxylic acids is 1. The number of carbonyl (C=O) groups excluding carboxylic acids is 1. The summed E-state index contributed by atoms with van der Waals surface area (Å²) in [6.45, 7) is 3.18. The Morgan fingerprint density at radius 1 is 1.38 bits per heavy atom. The molecule has 8 heteroatoms. The lowest BCUT2D eigenvalue weighted by Crippen LogP contribution is -2.20. The second-order valence-electron chi connectivity index (χ2n) is 4.75. The number of carbonyl (C=O) groups is 2. The fourth-order valence-electron chi connectivity index (χ4n) is 1.81. The highest BCUT2D eigenvalue weighted by Gasteiger charge is 2.09. The molecule has 0 bridgehead atoms. The van der Waals surface area contributed by atoms with Crippen LogP contribution < -0.4 is 5.32 Å².